The molecule has 82 valence electrons. The van der Waals surface area contributed by atoms with Gasteiger partial charge in [-0.2, -0.15) is 13.2 Å². The molecular weight excluding hydrogens is 197 g/mol. The van der Waals surface area contributed by atoms with Gasteiger partial charge in [-0.1, -0.05) is 0 Å². The van der Waals surface area contributed by atoms with E-state index in [0.29, 0.717) is 12.8 Å². The Morgan fingerprint density at radius 1 is 1.21 bits per heavy atom. The molecule has 0 unspecified atom stereocenters. The van der Waals surface area contributed by atoms with Crippen LogP contribution in [0.4, 0.5) is 13.2 Å². The van der Waals surface area contributed by atoms with E-state index in [1.165, 1.54) is 6.92 Å². The molecule has 1 fully saturated rings. The van der Waals surface area contributed by atoms with E-state index in [2.05, 4.69) is 0 Å². The Morgan fingerprint density at radius 3 is 2.07 bits per heavy atom. The molecule has 1 aliphatic rings. The summed E-state index contributed by atoms with van der Waals surface area (Å²) >= 11 is 0. The molecule has 0 saturated heterocycles. The third-order valence-corrected chi connectivity index (χ3v) is 2.47. The number of carbonyl (C=O) groups excluding carboxylic acids is 1. The van der Waals surface area contributed by atoms with E-state index >= 15 is 0 Å². The highest BCUT2D eigenvalue weighted by molar-refractivity contribution is 5.66. The summed E-state index contributed by atoms with van der Waals surface area (Å²) in [6.07, 6.45) is -3.62. The van der Waals surface area contributed by atoms with Crippen molar-refractivity contribution in [2.24, 2.45) is 5.92 Å². The van der Waals surface area contributed by atoms with Crippen LogP contribution in [0.5, 0.6) is 0 Å². The van der Waals surface area contributed by atoms with Gasteiger partial charge in [0.25, 0.3) is 0 Å². The second-order valence-corrected chi connectivity index (χ2v) is 3.62. The van der Waals surface area contributed by atoms with Crippen molar-refractivity contribution in [1.29, 1.82) is 0 Å². The summed E-state index contributed by atoms with van der Waals surface area (Å²) in [4.78, 5) is 10.5. The lowest BCUT2D eigenvalue weighted by atomic mass is 9.87. The molecule has 5 heteroatoms. The highest BCUT2D eigenvalue weighted by Crippen LogP contribution is 2.38. The van der Waals surface area contributed by atoms with Crippen molar-refractivity contribution >= 4 is 5.97 Å². The molecule has 0 atom stereocenters. The molecule has 14 heavy (non-hydrogen) atoms. The fraction of sp³-hybridized carbons (Fsp3) is 0.889. The minimum Gasteiger partial charge on any atom is -0.463 e. The van der Waals surface area contributed by atoms with Crippen LogP contribution in [0.2, 0.25) is 0 Å². The lowest BCUT2D eigenvalue weighted by molar-refractivity contribution is -0.188. The van der Waals surface area contributed by atoms with E-state index in [0.717, 1.165) is 0 Å². The van der Waals surface area contributed by atoms with Crippen LogP contribution in [0.1, 0.15) is 32.6 Å². The summed E-state index contributed by atoms with van der Waals surface area (Å²) in [5, 5.41) is 0. The van der Waals surface area contributed by atoms with Gasteiger partial charge in [0.2, 0.25) is 0 Å². The molecular formula is C9H13F3O2. The molecule has 1 aliphatic carbocycles. The normalized spacial score (nSPS) is 28.6. The molecule has 0 amide bonds. The van der Waals surface area contributed by atoms with Gasteiger partial charge in [0.1, 0.15) is 6.10 Å². The molecule has 0 spiro atoms. The van der Waals surface area contributed by atoms with Gasteiger partial charge >= 0.3 is 12.1 Å². The van der Waals surface area contributed by atoms with E-state index in [9.17, 15) is 18.0 Å². The molecule has 0 aromatic carbocycles. The zero-order valence-electron chi connectivity index (χ0n) is 7.93. The summed E-state index contributed by atoms with van der Waals surface area (Å²) in [6, 6.07) is 0. The lowest BCUT2D eigenvalue weighted by Crippen LogP contribution is -2.31. The van der Waals surface area contributed by atoms with Crippen molar-refractivity contribution in [1.82, 2.24) is 0 Å². The van der Waals surface area contributed by atoms with Crippen LogP contribution >= 0.6 is 0 Å². The monoisotopic (exact) mass is 210 g/mol. The minimum absolute atomic E-state index is 0.0709. The third-order valence-electron chi connectivity index (χ3n) is 2.47. The maximum absolute atomic E-state index is 12.2. The van der Waals surface area contributed by atoms with Crippen molar-refractivity contribution in [3.63, 3.8) is 0 Å². The summed E-state index contributed by atoms with van der Waals surface area (Å²) < 4.78 is 41.5. The van der Waals surface area contributed by atoms with Gasteiger partial charge < -0.3 is 4.74 Å². The number of alkyl halides is 3. The first-order valence-corrected chi connectivity index (χ1v) is 4.63. The molecule has 0 aromatic rings. The maximum atomic E-state index is 12.2. The summed E-state index contributed by atoms with van der Waals surface area (Å²) in [6.45, 7) is 1.27. The number of carbonyl (C=O) groups is 1. The average molecular weight is 210 g/mol. The van der Waals surface area contributed by atoms with Crippen LogP contribution in [0.3, 0.4) is 0 Å². The molecule has 1 rings (SSSR count). The highest BCUT2D eigenvalue weighted by Gasteiger charge is 2.41. The van der Waals surface area contributed by atoms with Gasteiger partial charge in [0, 0.05) is 6.92 Å². The fourth-order valence-electron chi connectivity index (χ4n) is 1.74. The largest absolute Gasteiger partial charge is 0.463 e. The Hall–Kier alpha value is -0.740. The van der Waals surface area contributed by atoms with E-state index in [-0.39, 0.29) is 18.9 Å². The molecule has 2 nitrogen and oxygen atoms in total. The molecule has 0 N–H and O–H groups in total. The van der Waals surface area contributed by atoms with Crippen molar-refractivity contribution in [3.05, 3.63) is 0 Å². The van der Waals surface area contributed by atoms with E-state index in [1.807, 2.05) is 0 Å². The van der Waals surface area contributed by atoms with Gasteiger partial charge in [0.05, 0.1) is 5.92 Å². The Kier molecular flexibility index (Phi) is 3.39. The number of hydrogen-bond acceptors (Lipinski definition) is 2. The first kappa shape index (κ1) is 11.3. The van der Waals surface area contributed by atoms with Crippen molar-refractivity contribution in [2.75, 3.05) is 0 Å². The predicted octanol–water partition coefficient (Wildman–Crippen LogP) is 2.67. The number of rotatable bonds is 1. The summed E-state index contributed by atoms with van der Waals surface area (Å²) in [5.74, 6) is -1.63. The minimum atomic E-state index is -4.10. The van der Waals surface area contributed by atoms with Crippen molar-refractivity contribution < 1.29 is 22.7 Å². The second kappa shape index (κ2) is 4.19. The quantitative estimate of drug-likeness (QED) is 0.622. The van der Waals surface area contributed by atoms with E-state index in [4.69, 9.17) is 4.74 Å². The maximum Gasteiger partial charge on any atom is 0.391 e. The lowest BCUT2D eigenvalue weighted by Gasteiger charge is -2.29. The van der Waals surface area contributed by atoms with Gasteiger partial charge in [-0.25, -0.2) is 0 Å². The number of ether oxygens (including phenoxy) is 1. The van der Waals surface area contributed by atoms with Crippen molar-refractivity contribution in [3.8, 4) is 0 Å². The van der Waals surface area contributed by atoms with Gasteiger partial charge in [-0.3, -0.25) is 4.79 Å². The second-order valence-electron chi connectivity index (χ2n) is 3.62. The third kappa shape index (κ3) is 3.20. The Morgan fingerprint density at radius 2 is 1.71 bits per heavy atom. The topological polar surface area (TPSA) is 26.3 Å². The zero-order valence-corrected chi connectivity index (χ0v) is 7.93. The standard InChI is InChI=1S/C9H13F3O2/c1-6(13)14-8-4-2-7(3-5-8)9(10,11)12/h7-8H,2-5H2,1H3. The Labute approximate surface area is 80.4 Å². The highest BCUT2D eigenvalue weighted by atomic mass is 19.4. The van der Waals surface area contributed by atoms with E-state index < -0.39 is 18.1 Å². The van der Waals surface area contributed by atoms with Gasteiger partial charge in [0.15, 0.2) is 0 Å². The van der Waals surface area contributed by atoms with Crippen LogP contribution in [-0.4, -0.2) is 18.2 Å². The van der Waals surface area contributed by atoms with E-state index in [1.54, 1.807) is 0 Å². The molecule has 0 bridgehead atoms. The molecule has 0 heterocycles. The summed E-state index contributed by atoms with van der Waals surface area (Å²) in [5.41, 5.74) is 0. The van der Waals surface area contributed by atoms with Crippen LogP contribution in [0.25, 0.3) is 0 Å². The summed E-state index contributed by atoms with van der Waals surface area (Å²) in [7, 11) is 0. The van der Waals surface area contributed by atoms with Gasteiger partial charge in [-0.15, -0.1) is 0 Å². The first-order valence-electron chi connectivity index (χ1n) is 4.63. The Bertz CT molecular complexity index is 205. The zero-order chi connectivity index (χ0) is 10.8. The number of halogens is 3. The van der Waals surface area contributed by atoms with Crippen LogP contribution in [0.15, 0.2) is 0 Å². The Balaban J connectivity index is 2.35. The van der Waals surface area contributed by atoms with Crippen LogP contribution in [0, 0.1) is 5.92 Å². The van der Waals surface area contributed by atoms with Gasteiger partial charge in [-0.05, 0) is 25.7 Å². The fourth-order valence-corrected chi connectivity index (χ4v) is 1.74. The number of hydrogen-bond donors (Lipinski definition) is 0. The van der Waals surface area contributed by atoms with Crippen LogP contribution < -0.4 is 0 Å². The molecule has 0 radical (unpaired) electrons. The van der Waals surface area contributed by atoms with Crippen molar-refractivity contribution in [2.45, 2.75) is 44.9 Å². The average Bonchev–Trinajstić information content (AvgIpc) is 2.02. The smallest absolute Gasteiger partial charge is 0.391 e. The SMILES string of the molecule is CC(=O)OC1CCC(C(F)(F)F)CC1. The molecule has 0 aromatic heterocycles. The first-order chi connectivity index (χ1) is 6.39. The molecule has 0 aliphatic heterocycles. The number of esters is 1. The predicted molar refractivity (Wildman–Crippen MR) is 43.6 cm³/mol. The molecule has 1 saturated carbocycles. The van der Waals surface area contributed by atoms with Crippen LogP contribution in [-0.2, 0) is 9.53 Å².